The number of hydrogen-bond acceptors (Lipinski definition) is 6. The monoisotopic (exact) mass is 388 g/mol. The molecule has 26 heavy (non-hydrogen) atoms. The van der Waals surface area contributed by atoms with Crippen molar-refractivity contribution < 1.29 is 9.53 Å². The van der Waals surface area contributed by atoms with Gasteiger partial charge in [-0.15, -0.1) is 0 Å². The summed E-state index contributed by atoms with van der Waals surface area (Å²) < 4.78 is 10.6. The number of carbonyl (C=O) groups excluding carboxylic acids is 1. The third-order valence-electron chi connectivity index (χ3n) is 4.49. The maximum atomic E-state index is 12.5. The highest BCUT2D eigenvalue weighted by Crippen LogP contribution is 2.31. The van der Waals surface area contributed by atoms with Gasteiger partial charge in [0.25, 0.3) is 5.91 Å². The molecule has 1 amide bonds. The lowest BCUT2D eigenvalue weighted by molar-refractivity contribution is 0.0930. The van der Waals surface area contributed by atoms with Crippen LogP contribution in [0.1, 0.15) is 16.1 Å². The lowest BCUT2D eigenvalue weighted by Crippen LogP contribution is -2.59. The summed E-state index contributed by atoms with van der Waals surface area (Å²) >= 11 is 7.67. The molecule has 1 fully saturated rings. The SMILES string of the molecule is COc1cc(N2CC(NC(=O)c3ccc4snc(C)c4c3)C2)c(Cl)cn1. The second kappa shape index (κ2) is 6.74. The van der Waals surface area contributed by atoms with Crippen molar-refractivity contribution in [2.75, 3.05) is 25.1 Å². The Hall–Kier alpha value is -2.38. The topological polar surface area (TPSA) is 67.3 Å². The third kappa shape index (κ3) is 3.08. The number of hydrogen-bond donors (Lipinski definition) is 1. The Morgan fingerprint density at radius 1 is 1.38 bits per heavy atom. The molecule has 1 aromatic carbocycles. The maximum Gasteiger partial charge on any atom is 0.251 e. The molecule has 1 aliphatic rings. The van der Waals surface area contributed by atoms with Crippen LogP contribution in [0.3, 0.4) is 0 Å². The van der Waals surface area contributed by atoms with Gasteiger partial charge >= 0.3 is 0 Å². The smallest absolute Gasteiger partial charge is 0.251 e. The van der Waals surface area contributed by atoms with Crippen LogP contribution < -0.4 is 15.0 Å². The van der Waals surface area contributed by atoms with E-state index in [1.807, 2.05) is 25.1 Å². The highest BCUT2D eigenvalue weighted by Gasteiger charge is 2.30. The number of nitrogens with one attached hydrogen (secondary N) is 1. The molecule has 0 aliphatic carbocycles. The molecular formula is C18H17ClN4O2S. The van der Waals surface area contributed by atoms with Crippen LogP contribution in [0, 0.1) is 6.92 Å². The zero-order valence-corrected chi connectivity index (χ0v) is 15.9. The van der Waals surface area contributed by atoms with Crippen LogP contribution >= 0.6 is 23.1 Å². The molecular weight excluding hydrogens is 372 g/mol. The highest BCUT2D eigenvalue weighted by molar-refractivity contribution is 7.13. The third-order valence-corrected chi connectivity index (χ3v) is 5.70. The van der Waals surface area contributed by atoms with Gasteiger partial charge in [-0.3, -0.25) is 4.79 Å². The lowest BCUT2D eigenvalue weighted by Gasteiger charge is -2.41. The van der Waals surface area contributed by atoms with Gasteiger partial charge in [-0.2, -0.15) is 4.37 Å². The predicted octanol–water partition coefficient (Wildman–Crippen LogP) is 3.28. The minimum atomic E-state index is -0.0689. The van der Waals surface area contributed by atoms with Crippen LogP contribution in [0.5, 0.6) is 5.88 Å². The van der Waals surface area contributed by atoms with Gasteiger partial charge in [-0.25, -0.2) is 4.98 Å². The average Bonchev–Trinajstić information content (AvgIpc) is 2.99. The zero-order chi connectivity index (χ0) is 18.3. The molecule has 8 heteroatoms. The second-order valence-electron chi connectivity index (χ2n) is 6.23. The summed E-state index contributed by atoms with van der Waals surface area (Å²) in [6.45, 7) is 3.34. The van der Waals surface area contributed by atoms with E-state index in [9.17, 15) is 4.79 Å². The number of rotatable bonds is 4. The number of aromatic nitrogens is 2. The van der Waals surface area contributed by atoms with Crippen LogP contribution in [0.4, 0.5) is 5.69 Å². The van der Waals surface area contributed by atoms with E-state index in [-0.39, 0.29) is 11.9 Å². The number of pyridine rings is 1. The first kappa shape index (κ1) is 17.1. The second-order valence-corrected chi connectivity index (χ2v) is 7.44. The molecule has 1 aliphatic heterocycles. The number of amides is 1. The van der Waals surface area contributed by atoms with Crippen LogP contribution in [-0.4, -0.2) is 41.5 Å². The first-order valence-corrected chi connectivity index (χ1v) is 9.31. The van der Waals surface area contributed by atoms with E-state index in [1.165, 1.54) is 11.5 Å². The summed E-state index contributed by atoms with van der Waals surface area (Å²) in [4.78, 5) is 18.7. The number of halogens is 1. The Balaban J connectivity index is 1.41. The molecule has 0 atom stereocenters. The van der Waals surface area contributed by atoms with E-state index in [0.717, 1.165) is 21.5 Å². The summed E-state index contributed by atoms with van der Waals surface area (Å²) in [5.41, 5.74) is 2.48. The molecule has 6 nitrogen and oxygen atoms in total. The van der Waals surface area contributed by atoms with Gasteiger partial charge in [0.05, 0.1) is 40.5 Å². The first-order valence-electron chi connectivity index (χ1n) is 8.16. The number of nitrogens with zero attached hydrogens (tertiary/aromatic N) is 3. The highest BCUT2D eigenvalue weighted by atomic mass is 35.5. The van der Waals surface area contributed by atoms with E-state index in [1.54, 1.807) is 19.4 Å². The molecule has 2 aromatic heterocycles. The molecule has 3 heterocycles. The molecule has 4 rings (SSSR count). The van der Waals surface area contributed by atoms with Crippen LogP contribution in [-0.2, 0) is 0 Å². The van der Waals surface area contributed by atoms with Crippen molar-refractivity contribution in [3.8, 4) is 5.88 Å². The summed E-state index contributed by atoms with van der Waals surface area (Å²) in [6, 6.07) is 7.59. The van der Waals surface area contributed by atoms with Crippen molar-refractivity contribution >= 4 is 44.8 Å². The van der Waals surface area contributed by atoms with E-state index in [4.69, 9.17) is 16.3 Å². The number of fused-ring (bicyclic) bond motifs is 1. The van der Waals surface area contributed by atoms with Gasteiger partial charge < -0.3 is 15.0 Å². The summed E-state index contributed by atoms with van der Waals surface area (Å²) in [5, 5.41) is 4.68. The number of benzene rings is 1. The summed E-state index contributed by atoms with van der Waals surface area (Å²) in [7, 11) is 1.57. The van der Waals surface area contributed by atoms with Crippen molar-refractivity contribution in [1.82, 2.24) is 14.7 Å². The predicted molar refractivity (Wildman–Crippen MR) is 104 cm³/mol. The van der Waals surface area contributed by atoms with E-state index < -0.39 is 0 Å². The minimum Gasteiger partial charge on any atom is -0.481 e. The molecule has 0 saturated carbocycles. The molecule has 1 N–H and O–H groups in total. The molecule has 3 aromatic rings. The molecule has 0 unspecified atom stereocenters. The quantitative estimate of drug-likeness (QED) is 0.742. The van der Waals surface area contributed by atoms with E-state index in [2.05, 4.69) is 19.6 Å². The normalized spacial score (nSPS) is 14.3. The van der Waals surface area contributed by atoms with E-state index in [0.29, 0.717) is 29.6 Å². The largest absolute Gasteiger partial charge is 0.481 e. The van der Waals surface area contributed by atoms with Crippen LogP contribution in [0.2, 0.25) is 5.02 Å². The Morgan fingerprint density at radius 2 is 2.19 bits per heavy atom. The van der Waals surface area contributed by atoms with Gasteiger partial charge in [0.15, 0.2) is 0 Å². The van der Waals surface area contributed by atoms with Crippen LogP contribution in [0.15, 0.2) is 30.5 Å². The number of ether oxygens (including phenoxy) is 1. The zero-order valence-electron chi connectivity index (χ0n) is 14.3. The van der Waals surface area contributed by atoms with E-state index >= 15 is 0 Å². The van der Waals surface area contributed by atoms with Gasteiger partial charge in [-0.05, 0) is 36.7 Å². The molecule has 0 spiro atoms. The summed E-state index contributed by atoms with van der Waals surface area (Å²) in [6.07, 6.45) is 1.58. The minimum absolute atomic E-state index is 0.0689. The van der Waals surface area contributed by atoms with Crippen molar-refractivity contribution in [3.63, 3.8) is 0 Å². The Kier molecular flexibility index (Phi) is 4.42. The van der Waals surface area contributed by atoms with Gasteiger partial charge in [0.2, 0.25) is 5.88 Å². The lowest BCUT2D eigenvalue weighted by atomic mass is 10.1. The first-order chi connectivity index (χ1) is 12.5. The number of methoxy groups -OCH3 is 1. The Labute approximate surface area is 159 Å². The summed E-state index contributed by atoms with van der Waals surface area (Å²) in [5.74, 6) is 0.450. The standard InChI is InChI=1S/C18H17ClN4O2S/c1-10-13-5-11(3-4-16(13)26-22-10)18(24)21-12-8-23(9-12)15-6-17(25-2)20-7-14(15)19/h3-7,12H,8-9H2,1-2H3,(H,21,24). The molecule has 0 bridgehead atoms. The average molecular weight is 389 g/mol. The number of aryl methyl sites for hydroxylation is 1. The van der Waals surface area contributed by atoms with Crippen molar-refractivity contribution in [2.24, 2.45) is 0 Å². The fourth-order valence-corrected chi connectivity index (χ4v) is 3.99. The Bertz CT molecular complexity index is 984. The molecule has 0 radical (unpaired) electrons. The van der Waals surface area contributed by atoms with Crippen molar-refractivity contribution in [3.05, 3.63) is 46.7 Å². The van der Waals surface area contributed by atoms with Crippen LogP contribution in [0.25, 0.3) is 10.1 Å². The maximum absolute atomic E-state index is 12.5. The molecule has 1 saturated heterocycles. The fraction of sp³-hybridized carbons (Fsp3) is 0.278. The van der Waals surface area contributed by atoms with Crippen molar-refractivity contribution in [1.29, 1.82) is 0 Å². The molecule has 134 valence electrons. The van der Waals surface area contributed by atoms with Gasteiger partial charge in [0, 0.05) is 30.1 Å². The van der Waals surface area contributed by atoms with Crippen molar-refractivity contribution in [2.45, 2.75) is 13.0 Å². The number of carbonyl (C=O) groups is 1. The van der Waals surface area contributed by atoms with Gasteiger partial charge in [0.1, 0.15) is 0 Å². The van der Waals surface area contributed by atoms with Gasteiger partial charge in [-0.1, -0.05) is 11.6 Å². The fourth-order valence-electron chi connectivity index (χ4n) is 3.00. The Morgan fingerprint density at radius 3 is 2.96 bits per heavy atom. The number of anilines is 1.